The lowest BCUT2D eigenvalue weighted by molar-refractivity contribution is -0.310. The largest absolute Gasteiger partial charge is 0.550 e. The Labute approximate surface area is 122 Å². The normalized spacial score (nSPS) is 20.8. The zero-order valence-corrected chi connectivity index (χ0v) is 12.4. The summed E-state index contributed by atoms with van der Waals surface area (Å²) in [6, 6.07) is 14.6. The maximum absolute atomic E-state index is 13.2. The molecule has 0 amide bonds. The van der Waals surface area contributed by atoms with E-state index in [-0.39, 0.29) is 6.16 Å². The molecule has 2 aromatic rings. The van der Waals surface area contributed by atoms with Gasteiger partial charge in [-0.3, -0.25) is 4.57 Å². The van der Waals surface area contributed by atoms with Crippen molar-refractivity contribution in [1.82, 2.24) is 0 Å². The van der Waals surface area contributed by atoms with Gasteiger partial charge in [-0.1, -0.05) is 43.3 Å². The van der Waals surface area contributed by atoms with E-state index in [1.54, 1.807) is 24.3 Å². The summed E-state index contributed by atoms with van der Waals surface area (Å²) in [5.74, 6) is -1.52. The fourth-order valence-electron chi connectivity index (χ4n) is 2.55. The van der Waals surface area contributed by atoms with E-state index in [9.17, 15) is 14.5 Å². The third-order valence-corrected chi connectivity index (χ3v) is 6.25. The number of fused-ring (bicyclic) bond motifs is 3. The van der Waals surface area contributed by atoms with E-state index >= 15 is 0 Å². The molecule has 2 unspecified atom stereocenters. The van der Waals surface area contributed by atoms with Crippen LogP contribution in [0.5, 0.6) is 5.75 Å². The van der Waals surface area contributed by atoms with Crippen molar-refractivity contribution in [2.24, 2.45) is 5.92 Å². The minimum atomic E-state index is -3.27. The van der Waals surface area contributed by atoms with Gasteiger partial charge >= 0.3 is 0 Å². The smallest absolute Gasteiger partial charge is 0.278 e. The molecule has 1 aliphatic rings. The number of hydrogen-bond acceptors (Lipinski definition) is 4. The number of aliphatic carboxylic acids is 1. The molecule has 0 aliphatic carbocycles. The highest BCUT2D eigenvalue weighted by Gasteiger charge is 2.37. The van der Waals surface area contributed by atoms with Gasteiger partial charge < -0.3 is 14.4 Å². The second-order valence-electron chi connectivity index (χ2n) is 5.18. The predicted octanol–water partition coefficient (Wildman–Crippen LogP) is 2.04. The molecule has 0 saturated heterocycles. The summed E-state index contributed by atoms with van der Waals surface area (Å²) in [4.78, 5) is 11.0. The molecule has 0 N–H and O–H groups in total. The quantitative estimate of drug-likeness (QED) is 0.814. The van der Waals surface area contributed by atoms with E-state index in [1.807, 2.05) is 24.3 Å². The summed E-state index contributed by atoms with van der Waals surface area (Å²) >= 11 is 0. The third kappa shape index (κ3) is 2.36. The standard InChI is InChI=1S/C16H15O4P/c1-11(16(17)18)10-21(19)15-9-5-3-7-13(15)12-6-2-4-8-14(12)20-21/h2-9,11H,10H2,1H3,(H,17,18)/p-1. The second kappa shape index (κ2) is 5.05. The van der Waals surface area contributed by atoms with Crippen molar-refractivity contribution < 1.29 is 19.0 Å². The van der Waals surface area contributed by atoms with E-state index in [2.05, 4.69) is 0 Å². The fourth-order valence-corrected chi connectivity index (χ4v) is 5.14. The number of carboxylic acid groups (broad SMARTS) is 1. The molecule has 0 spiro atoms. The first kappa shape index (κ1) is 13.9. The second-order valence-corrected chi connectivity index (χ2v) is 7.56. The maximum atomic E-state index is 13.2. The van der Waals surface area contributed by atoms with Gasteiger partial charge in [0.25, 0.3) is 7.37 Å². The molecule has 1 aliphatic heterocycles. The highest BCUT2D eigenvalue weighted by atomic mass is 31.2. The van der Waals surface area contributed by atoms with E-state index in [1.165, 1.54) is 6.92 Å². The summed E-state index contributed by atoms with van der Waals surface area (Å²) in [5.41, 5.74) is 1.72. The number of carboxylic acids is 1. The number of benzene rings is 2. The average Bonchev–Trinajstić information content (AvgIpc) is 2.47. The molecule has 3 rings (SSSR count). The van der Waals surface area contributed by atoms with Crippen LogP contribution < -0.4 is 14.9 Å². The average molecular weight is 301 g/mol. The van der Waals surface area contributed by atoms with Crippen molar-refractivity contribution >= 4 is 18.6 Å². The molecule has 2 aromatic carbocycles. The molecule has 0 fully saturated rings. The van der Waals surface area contributed by atoms with Gasteiger partial charge in [-0.15, -0.1) is 0 Å². The van der Waals surface area contributed by atoms with Crippen LogP contribution in [0.25, 0.3) is 11.1 Å². The number of carbonyl (C=O) groups is 1. The van der Waals surface area contributed by atoms with Crippen molar-refractivity contribution in [3.63, 3.8) is 0 Å². The minimum Gasteiger partial charge on any atom is -0.550 e. The Morgan fingerprint density at radius 3 is 2.48 bits per heavy atom. The van der Waals surface area contributed by atoms with Gasteiger partial charge in [0.1, 0.15) is 5.75 Å². The van der Waals surface area contributed by atoms with E-state index < -0.39 is 19.3 Å². The molecule has 2 atom stereocenters. The zero-order chi connectivity index (χ0) is 15.0. The first-order chi connectivity index (χ1) is 10.0. The van der Waals surface area contributed by atoms with Gasteiger partial charge in [-0.25, -0.2) is 0 Å². The number of carbonyl (C=O) groups excluding carboxylic acids is 1. The van der Waals surface area contributed by atoms with Gasteiger partial charge in [0, 0.05) is 23.6 Å². The maximum Gasteiger partial charge on any atom is 0.278 e. The van der Waals surface area contributed by atoms with Crippen LogP contribution in [0.15, 0.2) is 48.5 Å². The molecule has 0 saturated carbocycles. The van der Waals surface area contributed by atoms with Crippen molar-refractivity contribution in [2.75, 3.05) is 6.16 Å². The number of para-hydroxylation sites is 1. The Morgan fingerprint density at radius 1 is 1.14 bits per heavy atom. The van der Waals surface area contributed by atoms with Gasteiger partial charge in [0.05, 0.1) is 5.30 Å². The van der Waals surface area contributed by atoms with Crippen LogP contribution in [-0.4, -0.2) is 12.1 Å². The first-order valence-electron chi connectivity index (χ1n) is 6.70. The summed E-state index contributed by atoms with van der Waals surface area (Å²) in [6.07, 6.45) is -0.0688. The summed E-state index contributed by atoms with van der Waals surface area (Å²) in [5, 5.41) is 11.6. The van der Waals surface area contributed by atoms with E-state index in [4.69, 9.17) is 4.52 Å². The molecule has 0 aromatic heterocycles. The molecule has 4 nitrogen and oxygen atoms in total. The van der Waals surface area contributed by atoms with Gasteiger partial charge in [0.15, 0.2) is 0 Å². The molecular weight excluding hydrogens is 287 g/mol. The van der Waals surface area contributed by atoms with Crippen LogP contribution >= 0.6 is 7.37 Å². The zero-order valence-electron chi connectivity index (χ0n) is 11.5. The Bertz CT molecular complexity index is 753. The molecule has 1 heterocycles. The lowest BCUT2D eigenvalue weighted by Gasteiger charge is -2.30. The van der Waals surface area contributed by atoms with Gasteiger partial charge in [-0.2, -0.15) is 0 Å². The number of rotatable bonds is 3. The van der Waals surface area contributed by atoms with Gasteiger partial charge in [-0.05, 0) is 17.7 Å². The van der Waals surface area contributed by atoms with Crippen LogP contribution in [0, 0.1) is 5.92 Å². The first-order valence-corrected chi connectivity index (χ1v) is 8.51. The van der Waals surface area contributed by atoms with Crippen molar-refractivity contribution in [3.05, 3.63) is 48.5 Å². The van der Waals surface area contributed by atoms with Crippen LogP contribution in [0.4, 0.5) is 0 Å². The summed E-state index contributed by atoms with van der Waals surface area (Å²) < 4.78 is 19.0. The summed E-state index contributed by atoms with van der Waals surface area (Å²) in [7, 11) is -3.27. The van der Waals surface area contributed by atoms with Crippen molar-refractivity contribution in [2.45, 2.75) is 6.92 Å². The van der Waals surface area contributed by atoms with E-state index in [0.29, 0.717) is 11.1 Å². The third-order valence-electron chi connectivity index (χ3n) is 3.61. The Hall–Kier alpha value is -2.06. The van der Waals surface area contributed by atoms with Crippen LogP contribution in [0.2, 0.25) is 0 Å². The molecular formula is C16H14O4P-. The van der Waals surface area contributed by atoms with E-state index in [0.717, 1.165) is 11.1 Å². The number of hydrogen-bond donors (Lipinski definition) is 0. The van der Waals surface area contributed by atoms with Crippen molar-refractivity contribution in [3.8, 4) is 16.9 Å². The topological polar surface area (TPSA) is 66.4 Å². The van der Waals surface area contributed by atoms with Crippen molar-refractivity contribution in [1.29, 1.82) is 0 Å². The Morgan fingerprint density at radius 2 is 1.76 bits per heavy atom. The highest BCUT2D eigenvalue weighted by molar-refractivity contribution is 7.67. The molecule has 5 heteroatoms. The Balaban J connectivity index is 2.14. The minimum absolute atomic E-state index is 0.0688. The molecule has 0 radical (unpaired) electrons. The SMILES string of the molecule is CC(CP1(=O)Oc2ccccc2-c2ccccc21)C(=O)[O-]. The monoisotopic (exact) mass is 301 g/mol. The van der Waals surface area contributed by atoms with Crippen LogP contribution in [-0.2, 0) is 9.36 Å². The lowest BCUT2D eigenvalue weighted by Crippen LogP contribution is -2.33. The van der Waals surface area contributed by atoms with Crippen LogP contribution in [0.3, 0.4) is 0 Å². The molecule has 21 heavy (non-hydrogen) atoms. The van der Waals surface area contributed by atoms with Crippen LogP contribution in [0.1, 0.15) is 6.92 Å². The molecule has 0 bridgehead atoms. The Kier molecular flexibility index (Phi) is 3.34. The lowest BCUT2D eigenvalue weighted by atomic mass is 10.0. The summed E-state index contributed by atoms with van der Waals surface area (Å²) in [6.45, 7) is 1.49. The highest BCUT2D eigenvalue weighted by Crippen LogP contribution is 2.55. The fraction of sp³-hybridized carbons (Fsp3) is 0.188. The van der Waals surface area contributed by atoms with Gasteiger partial charge in [0.2, 0.25) is 0 Å². The predicted molar refractivity (Wildman–Crippen MR) is 78.8 cm³/mol. The molecule has 108 valence electrons.